The van der Waals surface area contributed by atoms with Gasteiger partial charge in [0.2, 0.25) is 0 Å². The molecule has 1 saturated heterocycles. The fourth-order valence-corrected chi connectivity index (χ4v) is 3.60. The van der Waals surface area contributed by atoms with Crippen molar-refractivity contribution in [1.29, 1.82) is 0 Å². The summed E-state index contributed by atoms with van der Waals surface area (Å²) in [7, 11) is 0. The molecule has 154 valence electrons. The standard InChI is InChI=1S/C23H22ClFN4O/c24-18-7-4-16(5-8-18)13-26-21-10-11-29(15-21)22-9-6-17(14-27-22)23(30)28-20-3-1-2-19(25)12-20/h1-9,12,14,21,26H,10-11,13,15H2,(H,28,30). The molecule has 0 spiro atoms. The van der Waals surface area contributed by atoms with Crippen molar-refractivity contribution in [3.63, 3.8) is 0 Å². The van der Waals surface area contributed by atoms with Crippen LogP contribution in [-0.2, 0) is 6.54 Å². The lowest BCUT2D eigenvalue weighted by Crippen LogP contribution is -2.32. The summed E-state index contributed by atoms with van der Waals surface area (Å²) in [6.07, 6.45) is 2.58. The molecule has 4 rings (SSSR count). The van der Waals surface area contributed by atoms with E-state index in [0.717, 1.165) is 36.9 Å². The van der Waals surface area contributed by atoms with Gasteiger partial charge in [-0.3, -0.25) is 4.79 Å². The first-order valence-electron chi connectivity index (χ1n) is 9.82. The second kappa shape index (κ2) is 9.24. The summed E-state index contributed by atoms with van der Waals surface area (Å²) in [6, 6.07) is 17.6. The lowest BCUT2D eigenvalue weighted by Gasteiger charge is -2.18. The van der Waals surface area contributed by atoms with E-state index in [0.29, 0.717) is 17.3 Å². The van der Waals surface area contributed by atoms with Crippen molar-refractivity contribution >= 4 is 29.0 Å². The van der Waals surface area contributed by atoms with Gasteiger partial charge in [-0.25, -0.2) is 9.37 Å². The van der Waals surface area contributed by atoms with Gasteiger partial charge in [0, 0.05) is 42.6 Å². The number of aromatic nitrogens is 1. The van der Waals surface area contributed by atoms with Crippen LogP contribution in [0.1, 0.15) is 22.3 Å². The van der Waals surface area contributed by atoms with Crippen LogP contribution in [0.2, 0.25) is 5.02 Å². The molecule has 7 heteroatoms. The molecule has 0 saturated carbocycles. The smallest absolute Gasteiger partial charge is 0.257 e. The third kappa shape index (κ3) is 5.14. The highest BCUT2D eigenvalue weighted by atomic mass is 35.5. The van der Waals surface area contributed by atoms with Crippen molar-refractivity contribution in [3.8, 4) is 0 Å². The molecule has 1 amide bonds. The van der Waals surface area contributed by atoms with E-state index in [-0.39, 0.29) is 5.91 Å². The number of hydrogen-bond donors (Lipinski definition) is 2. The van der Waals surface area contributed by atoms with Crippen molar-refractivity contribution < 1.29 is 9.18 Å². The largest absolute Gasteiger partial charge is 0.355 e. The van der Waals surface area contributed by atoms with E-state index in [2.05, 4.69) is 20.5 Å². The number of nitrogens with zero attached hydrogens (tertiary/aromatic N) is 2. The Balaban J connectivity index is 1.30. The molecule has 2 aromatic carbocycles. The van der Waals surface area contributed by atoms with E-state index in [4.69, 9.17) is 11.6 Å². The molecule has 1 atom stereocenters. The normalized spacial score (nSPS) is 15.9. The molecular weight excluding hydrogens is 403 g/mol. The van der Waals surface area contributed by atoms with Crippen LogP contribution in [0.4, 0.5) is 15.9 Å². The lowest BCUT2D eigenvalue weighted by atomic mass is 10.2. The molecule has 1 unspecified atom stereocenters. The second-order valence-corrected chi connectivity index (χ2v) is 7.74. The van der Waals surface area contributed by atoms with Crippen molar-refractivity contribution in [3.05, 3.63) is 88.8 Å². The molecule has 1 fully saturated rings. The Morgan fingerprint density at radius 3 is 2.73 bits per heavy atom. The molecule has 1 aromatic heterocycles. The van der Waals surface area contributed by atoms with Gasteiger partial charge in [-0.15, -0.1) is 0 Å². The molecule has 0 bridgehead atoms. The van der Waals surface area contributed by atoms with Gasteiger partial charge in [0.25, 0.3) is 5.91 Å². The van der Waals surface area contributed by atoms with E-state index in [1.54, 1.807) is 24.4 Å². The van der Waals surface area contributed by atoms with Gasteiger partial charge in [0.15, 0.2) is 0 Å². The number of halogens is 2. The molecule has 0 radical (unpaired) electrons. The summed E-state index contributed by atoms with van der Waals surface area (Å²) in [5.74, 6) is 0.131. The van der Waals surface area contributed by atoms with Crippen LogP contribution < -0.4 is 15.5 Å². The Kier molecular flexibility index (Phi) is 6.26. The number of carbonyl (C=O) groups is 1. The zero-order valence-corrected chi connectivity index (χ0v) is 17.1. The number of hydrogen-bond acceptors (Lipinski definition) is 4. The monoisotopic (exact) mass is 424 g/mol. The first-order valence-corrected chi connectivity index (χ1v) is 10.2. The number of benzene rings is 2. The summed E-state index contributed by atoms with van der Waals surface area (Å²) >= 11 is 5.93. The number of anilines is 2. The van der Waals surface area contributed by atoms with Gasteiger partial charge in [-0.05, 0) is 54.4 Å². The van der Waals surface area contributed by atoms with E-state index < -0.39 is 5.82 Å². The first-order chi connectivity index (χ1) is 14.6. The lowest BCUT2D eigenvalue weighted by molar-refractivity contribution is 0.102. The number of amides is 1. The quantitative estimate of drug-likeness (QED) is 0.612. The molecule has 3 aromatic rings. The summed E-state index contributed by atoms with van der Waals surface area (Å²) in [4.78, 5) is 19.0. The minimum atomic E-state index is -0.394. The van der Waals surface area contributed by atoms with Gasteiger partial charge in [-0.1, -0.05) is 29.8 Å². The zero-order valence-electron chi connectivity index (χ0n) is 16.3. The average Bonchev–Trinajstić information content (AvgIpc) is 3.22. The Hall–Kier alpha value is -2.96. The van der Waals surface area contributed by atoms with Crippen molar-refractivity contribution in [1.82, 2.24) is 10.3 Å². The Morgan fingerprint density at radius 1 is 1.17 bits per heavy atom. The number of carbonyl (C=O) groups excluding carboxylic acids is 1. The fourth-order valence-electron chi connectivity index (χ4n) is 3.48. The molecule has 2 heterocycles. The maximum atomic E-state index is 13.3. The van der Waals surface area contributed by atoms with Crippen LogP contribution >= 0.6 is 11.6 Å². The maximum Gasteiger partial charge on any atom is 0.257 e. The predicted octanol–water partition coefficient (Wildman–Crippen LogP) is 4.49. The first kappa shape index (κ1) is 20.3. The number of rotatable bonds is 6. The van der Waals surface area contributed by atoms with Gasteiger partial charge in [0.05, 0.1) is 5.56 Å². The van der Waals surface area contributed by atoms with Gasteiger partial charge >= 0.3 is 0 Å². The van der Waals surface area contributed by atoms with Crippen molar-refractivity contribution in [2.24, 2.45) is 0 Å². The Morgan fingerprint density at radius 2 is 2.00 bits per heavy atom. The molecule has 5 nitrogen and oxygen atoms in total. The van der Waals surface area contributed by atoms with Crippen molar-refractivity contribution in [2.75, 3.05) is 23.3 Å². The Bertz CT molecular complexity index is 1010. The van der Waals surface area contributed by atoms with Gasteiger partial charge < -0.3 is 15.5 Å². The van der Waals surface area contributed by atoms with E-state index >= 15 is 0 Å². The van der Waals surface area contributed by atoms with Crippen LogP contribution in [-0.4, -0.2) is 30.0 Å². The zero-order chi connectivity index (χ0) is 20.9. The third-order valence-electron chi connectivity index (χ3n) is 5.11. The van der Waals surface area contributed by atoms with Crippen LogP contribution in [0.25, 0.3) is 0 Å². The summed E-state index contributed by atoms with van der Waals surface area (Å²) in [5, 5.41) is 6.99. The van der Waals surface area contributed by atoms with E-state index in [9.17, 15) is 9.18 Å². The SMILES string of the molecule is O=C(Nc1cccc(F)c1)c1ccc(N2CCC(NCc3ccc(Cl)cc3)C2)nc1. The molecule has 30 heavy (non-hydrogen) atoms. The van der Waals surface area contributed by atoms with E-state index in [1.807, 2.05) is 30.3 Å². The van der Waals surface area contributed by atoms with Crippen LogP contribution in [0.3, 0.4) is 0 Å². The average molecular weight is 425 g/mol. The highest BCUT2D eigenvalue weighted by molar-refractivity contribution is 6.30. The molecule has 0 aliphatic carbocycles. The number of nitrogens with one attached hydrogen (secondary N) is 2. The highest BCUT2D eigenvalue weighted by Crippen LogP contribution is 2.19. The molecule has 1 aliphatic heterocycles. The summed E-state index contributed by atoms with van der Waals surface area (Å²) < 4.78 is 13.3. The molecule has 2 N–H and O–H groups in total. The minimum Gasteiger partial charge on any atom is -0.355 e. The third-order valence-corrected chi connectivity index (χ3v) is 5.36. The van der Waals surface area contributed by atoms with E-state index in [1.165, 1.54) is 17.7 Å². The van der Waals surface area contributed by atoms with Gasteiger partial charge in [-0.2, -0.15) is 0 Å². The fraction of sp³-hybridized carbons (Fsp3) is 0.217. The minimum absolute atomic E-state index is 0.316. The summed E-state index contributed by atoms with van der Waals surface area (Å²) in [6.45, 7) is 2.55. The maximum absolute atomic E-state index is 13.3. The van der Waals surface area contributed by atoms with Crippen LogP contribution in [0, 0.1) is 5.82 Å². The topological polar surface area (TPSA) is 57.3 Å². The van der Waals surface area contributed by atoms with Crippen LogP contribution in [0.15, 0.2) is 66.9 Å². The van der Waals surface area contributed by atoms with Crippen molar-refractivity contribution in [2.45, 2.75) is 19.0 Å². The summed E-state index contributed by atoms with van der Waals surface area (Å²) in [5.41, 5.74) is 2.04. The predicted molar refractivity (Wildman–Crippen MR) is 117 cm³/mol. The van der Waals surface area contributed by atoms with Crippen LogP contribution in [0.5, 0.6) is 0 Å². The number of pyridine rings is 1. The second-order valence-electron chi connectivity index (χ2n) is 7.31. The van der Waals surface area contributed by atoms with Gasteiger partial charge in [0.1, 0.15) is 11.6 Å². The molecule has 1 aliphatic rings. The molecular formula is C23H22ClFN4O. The highest BCUT2D eigenvalue weighted by Gasteiger charge is 2.23. The Labute approximate surface area is 179 Å².